The normalized spacial score (nSPS) is 17.9. The summed E-state index contributed by atoms with van der Waals surface area (Å²) in [5, 5.41) is 10.7. The molecule has 0 saturated heterocycles. The average Bonchev–Trinajstić information content (AvgIpc) is 3.48. The molecule has 194 valence electrons. The van der Waals surface area contributed by atoms with Crippen LogP contribution >= 0.6 is 0 Å². The highest BCUT2D eigenvalue weighted by Crippen LogP contribution is 2.45. The second-order valence-electron chi connectivity index (χ2n) is 8.72. The minimum atomic E-state index is -5.70. The average molecular weight is 523 g/mol. The van der Waals surface area contributed by atoms with Crippen LogP contribution in [0.2, 0.25) is 0 Å². The van der Waals surface area contributed by atoms with Gasteiger partial charge in [0.2, 0.25) is 17.7 Å². The Labute approximate surface area is 204 Å². The Morgan fingerprint density at radius 3 is 2.51 bits per heavy atom. The van der Waals surface area contributed by atoms with E-state index in [2.05, 4.69) is 35.5 Å². The molecular weight excluding hydrogens is 505 g/mol. The number of rotatable bonds is 5. The van der Waals surface area contributed by atoms with E-state index in [9.17, 15) is 26.7 Å². The topological polar surface area (TPSA) is 151 Å². The Morgan fingerprint density at radius 2 is 1.86 bits per heavy atom. The maximum absolute atomic E-state index is 13.5. The third-order valence-electron chi connectivity index (χ3n) is 6.14. The first-order valence-electron chi connectivity index (χ1n) is 10.8. The van der Waals surface area contributed by atoms with Gasteiger partial charge in [-0.15, -0.1) is 10.2 Å². The summed E-state index contributed by atoms with van der Waals surface area (Å²) in [7, 11) is 1.61. The van der Waals surface area contributed by atoms with Crippen molar-refractivity contribution in [1.82, 2.24) is 34.7 Å². The summed E-state index contributed by atoms with van der Waals surface area (Å²) >= 11 is 0. The maximum atomic E-state index is 13.5. The van der Waals surface area contributed by atoms with Crippen molar-refractivity contribution in [3.63, 3.8) is 0 Å². The Kier molecular flexibility index (Phi) is 5.21. The van der Waals surface area contributed by atoms with Crippen LogP contribution in [0.4, 0.5) is 33.6 Å². The molecule has 1 atom stereocenters. The maximum Gasteiger partial charge on any atom is 0.453 e. The van der Waals surface area contributed by atoms with Crippen molar-refractivity contribution in [3.05, 3.63) is 35.4 Å². The van der Waals surface area contributed by atoms with Crippen LogP contribution in [0.25, 0.3) is 22.6 Å². The Morgan fingerprint density at radius 1 is 1.14 bits per heavy atom. The molecule has 0 fully saturated rings. The lowest BCUT2D eigenvalue weighted by atomic mass is 9.84. The van der Waals surface area contributed by atoms with Gasteiger partial charge >= 0.3 is 12.1 Å². The standard InChI is InChI=1S/C21H18F5N9O2/c1-8-33-34-18(37-8)19(2)11-13(27)30-15(31-14(11)32-17(19)36)12-9-5-7-35(3)16(9)29-10(28-12)4-6-20(22,23)21(24,25)26/h5,7H,4,6H2,1-3H3,(H3,27,30,31,32,36). The number of halogens is 5. The lowest BCUT2D eigenvalue weighted by Crippen LogP contribution is -2.36. The summed E-state index contributed by atoms with van der Waals surface area (Å²) in [6.07, 6.45) is -6.42. The van der Waals surface area contributed by atoms with Crippen molar-refractivity contribution >= 4 is 28.6 Å². The molecule has 4 aromatic heterocycles. The minimum Gasteiger partial charge on any atom is -0.424 e. The van der Waals surface area contributed by atoms with Crippen LogP contribution in [0.5, 0.6) is 0 Å². The molecule has 0 aromatic carbocycles. The number of alkyl halides is 5. The van der Waals surface area contributed by atoms with Crippen LogP contribution in [-0.2, 0) is 23.7 Å². The first kappa shape index (κ1) is 24.5. The second-order valence-corrected chi connectivity index (χ2v) is 8.72. The quantitative estimate of drug-likeness (QED) is 0.376. The van der Waals surface area contributed by atoms with Gasteiger partial charge in [-0.05, 0) is 13.0 Å². The molecule has 0 spiro atoms. The summed E-state index contributed by atoms with van der Waals surface area (Å²) < 4.78 is 72.1. The number of hydrogen-bond donors (Lipinski definition) is 2. The number of anilines is 2. The molecule has 3 N–H and O–H groups in total. The van der Waals surface area contributed by atoms with Gasteiger partial charge < -0.3 is 20.0 Å². The molecule has 1 aliphatic rings. The summed E-state index contributed by atoms with van der Waals surface area (Å²) in [6.45, 7) is 3.07. The van der Waals surface area contributed by atoms with E-state index < -0.39 is 36.3 Å². The van der Waals surface area contributed by atoms with Crippen molar-refractivity contribution < 1.29 is 31.2 Å². The van der Waals surface area contributed by atoms with Crippen molar-refractivity contribution in [2.75, 3.05) is 11.1 Å². The van der Waals surface area contributed by atoms with Gasteiger partial charge in [0, 0.05) is 38.4 Å². The molecule has 0 bridgehead atoms. The highest BCUT2D eigenvalue weighted by Gasteiger charge is 2.56. The first-order valence-corrected chi connectivity index (χ1v) is 10.8. The first-order chi connectivity index (χ1) is 17.2. The van der Waals surface area contributed by atoms with Gasteiger partial charge in [-0.3, -0.25) is 4.79 Å². The minimum absolute atomic E-state index is 0.0235. The SMILES string of the molecule is Cc1nnc(C2(C)C(=O)Nc3nc(-c4nc(CCC(F)(F)C(F)(F)F)nc5c4ccn5C)nc(N)c32)o1. The fraction of sp³-hybridized carbons (Fsp3) is 0.381. The van der Waals surface area contributed by atoms with E-state index in [0.29, 0.717) is 5.39 Å². The number of aryl methyl sites for hydroxylation is 3. The molecule has 11 nitrogen and oxygen atoms in total. The number of nitrogens with one attached hydrogen (secondary N) is 1. The third-order valence-corrected chi connectivity index (χ3v) is 6.14. The summed E-state index contributed by atoms with van der Waals surface area (Å²) in [5.74, 6) is -5.71. The van der Waals surface area contributed by atoms with Crippen molar-refractivity contribution in [2.24, 2.45) is 7.05 Å². The van der Waals surface area contributed by atoms with E-state index >= 15 is 0 Å². The van der Waals surface area contributed by atoms with E-state index in [1.807, 2.05) is 0 Å². The van der Waals surface area contributed by atoms with E-state index in [1.54, 1.807) is 30.8 Å². The fourth-order valence-corrected chi connectivity index (χ4v) is 4.09. The zero-order chi connectivity index (χ0) is 26.9. The fourth-order valence-electron chi connectivity index (χ4n) is 4.09. The molecule has 16 heteroatoms. The van der Waals surface area contributed by atoms with E-state index in [4.69, 9.17) is 10.2 Å². The van der Waals surface area contributed by atoms with Gasteiger partial charge in [-0.1, -0.05) is 0 Å². The van der Waals surface area contributed by atoms with E-state index in [-0.39, 0.29) is 52.0 Å². The molecule has 1 unspecified atom stereocenters. The predicted octanol–water partition coefficient (Wildman–Crippen LogP) is 3.09. The number of aromatic nitrogens is 7. The van der Waals surface area contributed by atoms with Crippen molar-refractivity contribution in [2.45, 2.75) is 44.2 Å². The number of carbonyl (C=O) groups is 1. The number of fused-ring (bicyclic) bond motifs is 2. The monoisotopic (exact) mass is 523 g/mol. The number of nitrogens with zero attached hydrogens (tertiary/aromatic N) is 7. The van der Waals surface area contributed by atoms with Crippen LogP contribution in [0, 0.1) is 6.92 Å². The number of amides is 1. The molecule has 0 aliphatic carbocycles. The van der Waals surface area contributed by atoms with Gasteiger partial charge in [0.1, 0.15) is 28.8 Å². The summed E-state index contributed by atoms with van der Waals surface area (Å²) in [6, 6.07) is 1.61. The molecule has 5 rings (SSSR count). The Balaban J connectivity index is 1.61. The molecule has 1 aliphatic heterocycles. The highest BCUT2D eigenvalue weighted by atomic mass is 19.4. The molecule has 5 heterocycles. The second kappa shape index (κ2) is 7.88. The number of nitrogens with two attached hydrogens (primary N) is 1. The van der Waals surface area contributed by atoms with Crippen molar-refractivity contribution in [3.8, 4) is 11.5 Å². The Hall–Kier alpha value is -4.24. The molecule has 4 aromatic rings. The molecule has 1 amide bonds. The van der Waals surface area contributed by atoms with Crippen LogP contribution < -0.4 is 11.1 Å². The van der Waals surface area contributed by atoms with Gasteiger partial charge in [0.15, 0.2) is 11.2 Å². The van der Waals surface area contributed by atoms with Crippen LogP contribution in [0.3, 0.4) is 0 Å². The summed E-state index contributed by atoms with van der Waals surface area (Å²) in [5.41, 5.74) is 5.24. The van der Waals surface area contributed by atoms with Gasteiger partial charge in [0.05, 0.1) is 5.56 Å². The van der Waals surface area contributed by atoms with Gasteiger partial charge in [0.25, 0.3) is 0 Å². The lowest BCUT2D eigenvalue weighted by Gasteiger charge is -2.19. The van der Waals surface area contributed by atoms with Crippen LogP contribution in [0.1, 0.15) is 36.5 Å². The number of carbonyl (C=O) groups excluding carboxylic acids is 1. The highest BCUT2D eigenvalue weighted by molar-refractivity contribution is 6.08. The molecule has 0 radical (unpaired) electrons. The zero-order valence-corrected chi connectivity index (χ0v) is 19.5. The third kappa shape index (κ3) is 3.74. The van der Waals surface area contributed by atoms with Gasteiger partial charge in [-0.25, -0.2) is 19.9 Å². The van der Waals surface area contributed by atoms with Crippen LogP contribution in [0.15, 0.2) is 16.7 Å². The number of hydrogen-bond acceptors (Lipinski definition) is 9. The molecule has 37 heavy (non-hydrogen) atoms. The van der Waals surface area contributed by atoms with Crippen LogP contribution in [-0.4, -0.2) is 52.7 Å². The molecule has 0 saturated carbocycles. The predicted molar refractivity (Wildman–Crippen MR) is 117 cm³/mol. The lowest BCUT2D eigenvalue weighted by molar-refractivity contribution is -0.284. The summed E-state index contributed by atoms with van der Waals surface area (Å²) in [4.78, 5) is 29.9. The smallest absolute Gasteiger partial charge is 0.424 e. The van der Waals surface area contributed by atoms with E-state index in [0.717, 1.165) is 0 Å². The zero-order valence-electron chi connectivity index (χ0n) is 19.5. The molecular formula is C21H18F5N9O2. The van der Waals surface area contributed by atoms with Gasteiger partial charge in [-0.2, -0.15) is 22.0 Å². The van der Waals surface area contributed by atoms with E-state index in [1.165, 1.54) is 6.92 Å². The largest absolute Gasteiger partial charge is 0.453 e. The number of nitrogen functional groups attached to an aromatic ring is 1. The Bertz CT molecular complexity index is 1560. The van der Waals surface area contributed by atoms with Crippen molar-refractivity contribution in [1.29, 1.82) is 0 Å².